The third kappa shape index (κ3) is 1.90. The highest BCUT2D eigenvalue weighted by molar-refractivity contribution is 6.27. The van der Waals surface area contributed by atoms with Gasteiger partial charge in [0, 0.05) is 6.04 Å². The number of carbonyl (C=O) groups is 1. The minimum Gasteiger partial charge on any atom is -0.352 e. The summed E-state index contributed by atoms with van der Waals surface area (Å²) in [7, 11) is 0. The third-order valence-corrected chi connectivity index (χ3v) is 2.78. The summed E-state index contributed by atoms with van der Waals surface area (Å²) in [5.74, 6) is -0.0307. The molecular formula is C11H12ClNO. The molecular weight excluding hydrogens is 198 g/mol. The number of fused-ring (bicyclic) bond motifs is 1. The van der Waals surface area contributed by atoms with Crippen LogP contribution in [0.25, 0.3) is 0 Å². The van der Waals surface area contributed by atoms with Gasteiger partial charge in [0.2, 0.25) is 5.91 Å². The topological polar surface area (TPSA) is 29.1 Å². The van der Waals surface area contributed by atoms with Crippen molar-refractivity contribution in [3.63, 3.8) is 0 Å². The van der Waals surface area contributed by atoms with Crippen LogP contribution in [0, 0.1) is 0 Å². The molecule has 0 aliphatic heterocycles. The molecule has 1 aromatic carbocycles. The van der Waals surface area contributed by atoms with Gasteiger partial charge >= 0.3 is 0 Å². The zero-order valence-corrected chi connectivity index (χ0v) is 8.55. The average Bonchev–Trinajstić information content (AvgIpc) is 2.59. The fourth-order valence-electron chi connectivity index (χ4n) is 1.93. The molecule has 0 fully saturated rings. The molecule has 0 saturated heterocycles. The van der Waals surface area contributed by atoms with Gasteiger partial charge in [-0.25, -0.2) is 0 Å². The van der Waals surface area contributed by atoms with E-state index in [2.05, 4.69) is 17.4 Å². The predicted molar refractivity (Wildman–Crippen MR) is 56.5 cm³/mol. The molecule has 1 aliphatic rings. The molecule has 0 spiro atoms. The van der Waals surface area contributed by atoms with Crippen LogP contribution in [0.2, 0.25) is 0 Å². The first-order valence-electron chi connectivity index (χ1n) is 4.71. The lowest BCUT2D eigenvalue weighted by atomic mass is 10.1. The van der Waals surface area contributed by atoms with Crippen LogP contribution in [-0.2, 0) is 17.6 Å². The molecule has 1 aromatic rings. The number of benzene rings is 1. The SMILES string of the molecule is O=C(CCl)NC1Cc2ccccc2C1. The number of hydrogen-bond acceptors (Lipinski definition) is 1. The number of amides is 1. The third-order valence-electron chi connectivity index (χ3n) is 2.54. The number of nitrogens with one attached hydrogen (secondary N) is 1. The molecule has 14 heavy (non-hydrogen) atoms. The van der Waals surface area contributed by atoms with Gasteiger partial charge in [-0.1, -0.05) is 24.3 Å². The maximum absolute atomic E-state index is 11.1. The molecule has 0 aromatic heterocycles. The summed E-state index contributed by atoms with van der Waals surface area (Å²) < 4.78 is 0. The van der Waals surface area contributed by atoms with E-state index in [0.717, 1.165) is 12.8 Å². The summed E-state index contributed by atoms with van der Waals surface area (Å²) in [5, 5.41) is 2.90. The van der Waals surface area contributed by atoms with Crippen molar-refractivity contribution in [2.45, 2.75) is 18.9 Å². The Balaban J connectivity index is 2.01. The molecule has 1 aliphatic carbocycles. The van der Waals surface area contributed by atoms with Gasteiger partial charge in [-0.3, -0.25) is 4.79 Å². The molecule has 74 valence electrons. The van der Waals surface area contributed by atoms with Crippen LogP contribution in [-0.4, -0.2) is 17.8 Å². The Kier molecular flexibility index (Phi) is 2.73. The highest BCUT2D eigenvalue weighted by atomic mass is 35.5. The van der Waals surface area contributed by atoms with Crippen molar-refractivity contribution >= 4 is 17.5 Å². The van der Waals surface area contributed by atoms with Gasteiger partial charge in [0.1, 0.15) is 5.88 Å². The molecule has 0 unspecified atom stereocenters. The van der Waals surface area contributed by atoms with Crippen molar-refractivity contribution in [3.8, 4) is 0 Å². The lowest BCUT2D eigenvalue weighted by molar-refractivity contribution is -0.119. The number of hydrogen-bond donors (Lipinski definition) is 1. The number of carbonyl (C=O) groups excluding carboxylic acids is 1. The van der Waals surface area contributed by atoms with Gasteiger partial charge in [-0.15, -0.1) is 11.6 Å². The lowest BCUT2D eigenvalue weighted by Gasteiger charge is -2.09. The van der Waals surface area contributed by atoms with E-state index in [0.29, 0.717) is 0 Å². The van der Waals surface area contributed by atoms with Crippen LogP contribution in [0.3, 0.4) is 0 Å². The Morgan fingerprint density at radius 1 is 1.36 bits per heavy atom. The first kappa shape index (κ1) is 9.53. The lowest BCUT2D eigenvalue weighted by Crippen LogP contribution is -2.36. The Labute approximate surface area is 88.3 Å². The Bertz CT molecular complexity index is 326. The van der Waals surface area contributed by atoms with Crippen LogP contribution in [0.5, 0.6) is 0 Å². The van der Waals surface area contributed by atoms with Crippen molar-refractivity contribution in [1.29, 1.82) is 0 Å². The molecule has 1 amide bonds. The zero-order valence-electron chi connectivity index (χ0n) is 7.79. The summed E-state index contributed by atoms with van der Waals surface area (Å²) in [6.07, 6.45) is 1.86. The van der Waals surface area contributed by atoms with Crippen molar-refractivity contribution in [2.75, 3.05) is 5.88 Å². The second kappa shape index (κ2) is 4.01. The molecule has 0 atom stereocenters. The fraction of sp³-hybridized carbons (Fsp3) is 0.364. The second-order valence-electron chi connectivity index (χ2n) is 3.58. The van der Waals surface area contributed by atoms with Crippen LogP contribution >= 0.6 is 11.6 Å². The molecule has 3 heteroatoms. The zero-order chi connectivity index (χ0) is 9.97. The average molecular weight is 210 g/mol. The van der Waals surface area contributed by atoms with Gasteiger partial charge in [0.15, 0.2) is 0 Å². The van der Waals surface area contributed by atoms with E-state index < -0.39 is 0 Å². The maximum Gasteiger partial charge on any atom is 0.235 e. The van der Waals surface area contributed by atoms with Crippen molar-refractivity contribution in [3.05, 3.63) is 35.4 Å². The molecule has 0 bridgehead atoms. The Hall–Kier alpha value is -1.02. The molecule has 2 nitrogen and oxygen atoms in total. The smallest absolute Gasteiger partial charge is 0.235 e. The minimum absolute atomic E-state index is 0.0485. The number of rotatable bonds is 2. The van der Waals surface area contributed by atoms with Crippen LogP contribution in [0.15, 0.2) is 24.3 Å². The molecule has 0 radical (unpaired) electrons. The van der Waals surface area contributed by atoms with Gasteiger partial charge in [-0.05, 0) is 24.0 Å². The van der Waals surface area contributed by atoms with E-state index in [1.54, 1.807) is 0 Å². The highest BCUT2D eigenvalue weighted by Gasteiger charge is 2.21. The van der Waals surface area contributed by atoms with E-state index in [-0.39, 0.29) is 17.8 Å². The summed E-state index contributed by atoms with van der Waals surface area (Å²) in [6.45, 7) is 0. The van der Waals surface area contributed by atoms with E-state index in [9.17, 15) is 4.79 Å². The molecule has 1 N–H and O–H groups in total. The van der Waals surface area contributed by atoms with Gasteiger partial charge in [0.25, 0.3) is 0 Å². The summed E-state index contributed by atoms with van der Waals surface area (Å²) >= 11 is 5.43. The quantitative estimate of drug-likeness (QED) is 0.736. The second-order valence-corrected chi connectivity index (χ2v) is 3.84. The molecule has 2 rings (SSSR count). The number of halogens is 1. The maximum atomic E-state index is 11.1. The van der Waals surface area contributed by atoms with E-state index in [1.165, 1.54) is 11.1 Å². The standard InChI is InChI=1S/C11H12ClNO/c12-7-11(14)13-10-5-8-3-1-2-4-9(8)6-10/h1-4,10H,5-7H2,(H,13,14). The van der Waals surface area contributed by atoms with Crippen molar-refractivity contribution in [1.82, 2.24) is 5.32 Å². The van der Waals surface area contributed by atoms with Crippen LogP contribution in [0.4, 0.5) is 0 Å². The monoisotopic (exact) mass is 209 g/mol. The predicted octanol–water partition coefficient (Wildman–Crippen LogP) is 1.51. The van der Waals surface area contributed by atoms with E-state index in [1.807, 2.05) is 12.1 Å². The van der Waals surface area contributed by atoms with Gasteiger partial charge in [-0.2, -0.15) is 0 Å². The van der Waals surface area contributed by atoms with Crippen LogP contribution < -0.4 is 5.32 Å². The summed E-state index contributed by atoms with van der Waals surface area (Å²) in [6, 6.07) is 8.53. The van der Waals surface area contributed by atoms with E-state index >= 15 is 0 Å². The van der Waals surface area contributed by atoms with E-state index in [4.69, 9.17) is 11.6 Å². The van der Waals surface area contributed by atoms with Crippen molar-refractivity contribution in [2.24, 2.45) is 0 Å². The van der Waals surface area contributed by atoms with Gasteiger partial charge < -0.3 is 5.32 Å². The first-order valence-corrected chi connectivity index (χ1v) is 5.25. The minimum atomic E-state index is -0.0792. The largest absolute Gasteiger partial charge is 0.352 e. The first-order chi connectivity index (χ1) is 6.79. The van der Waals surface area contributed by atoms with Crippen molar-refractivity contribution < 1.29 is 4.79 Å². The Morgan fingerprint density at radius 2 is 1.93 bits per heavy atom. The molecule has 0 saturated carbocycles. The summed E-state index contributed by atoms with van der Waals surface area (Å²) in [5.41, 5.74) is 2.68. The fourth-order valence-corrected chi connectivity index (χ4v) is 2.00. The van der Waals surface area contributed by atoms with Crippen LogP contribution in [0.1, 0.15) is 11.1 Å². The summed E-state index contributed by atoms with van der Waals surface area (Å²) in [4.78, 5) is 11.1. The Morgan fingerprint density at radius 3 is 2.43 bits per heavy atom. The van der Waals surface area contributed by atoms with Gasteiger partial charge in [0.05, 0.1) is 0 Å². The molecule has 0 heterocycles. The number of alkyl halides is 1. The normalized spacial score (nSPS) is 15.2. The highest BCUT2D eigenvalue weighted by Crippen LogP contribution is 2.21.